The number of rotatable bonds is 4. The van der Waals surface area contributed by atoms with Gasteiger partial charge in [0.05, 0.1) is 16.3 Å². The Bertz CT molecular complexity index is 838. The molecule has 1 amide bonds. The molecule has 1 aliphatic heterocycles. The zero-order chi connectivity index (χ0) is 18.8. The number of nitro groups is 1. The number of non-ortho nitro benzene ring substituents is 1. The number of hydrogen-bond acceptors (Lipinski definition) is 6. The number of aromatic nitrogens is 3. The molecule has 0 radical (unpaired) electrons. The zero-order valence-corrected chi connectivity index (χ0v) is 16.1. The average molecular weight is 395 g/mol. The Balaban J connectivity index is 0.00000261. The number of amides is 1. The van der Waals surface area contributed by atoms with Crippen LogP contribution in [0, 0.1) is 23.0 Å². The van der Waals surface area contributed by atoms with Gasteiger partial charge < -0.3 is 10.6 Å². The van der Waals surface area contributed by atoms with E-state index < -0.39 is 4.92 Å². The van der Waals surface area contributed by atoms with Gasteiger partial charge in [-0.3, -0.25) is 14.9 Å². The molecule has 10 heteroatoms. The van der Waals surface area contributed by atoms with Crippen molar-refractivity contribution in [2.24, 2.45) is 11.7 Å². The summed E-state index contributed by atoms with van der Waals surface area (Å²) in [6.07, 6.45) is 1.93. The molecule has 1 saturated heterocycles. The van der Waals surface area contributed by atoms with Crippen LogP contribution in [0.4, 0.5) is 5.69 Å². The molecule has 0 aliphatic carbocycles. The van der Waals surface area contributed by atoms with Gasteiger partial charge in [0.2, 0.25) is 0 Å². The van der Waals surface area contributed by atoms with E-state index in [0.717, 1.165) is 12.8 Å². The van der Waals surface area contributed by atoms with Crippen LogP contribution in [0.15, 0.2) is 24.3 Å². The van der Waals surface area contributed by atoms with Gasteiger partial charge in [-0.25, -0.2) is 4.68 Å². The monoisotopic (exact) mass is 394 g/mol. The molecule has 2 heterocycles. The van der Waals surface area contributed by atoms with E-state index in [1.54, 1.807) is 24.0 Å². The van der Waals surface area contributed by atoms with Crippen molar-refractivity contribution >= 4 is 24.0 Å². The standard InChI is InChI=1S/C17H22N6O3.ClH/c1-11(18)13-5-4-8-21(10-13)17(24)16-12(2)22(20-19-16)14-6-3-7-15(9-14)23(25)26;/h3,6-7,9,11,13H,4-5,8,10,18H2,1-2H3;1H. The summed E-state index contributed by atoms with van der Waals surface area (Å²) < 4.78 is 1.45. The summed E-state index contributed by atoms with van der Waals surface area (Å²) in [7, 11) is 0. The highest BCUT2D eigenvalue weighted by Gasteiger charge is 2.29. The average Bonchev–Trinajstić information content (AvgIpc) is 3.02. The molecule has 3 rings (SSSR count). The number of likely N-dealkylation sites (tertiary alicyclic amines) is 1. The van der Waals surface area contributed by atoms with Gasteiger partial charge in [0.25, 0.3) is 11.6 Å². The van der Waals surface area contributed by atoms with Crippen LogP contribution in [0.1, 0.15) is 35.9 Å². The van der Waals surface area contributed by atoms with Gasteiger partial charge in [0, 0.05) is 31.3 Å². The quantitative estimate of drug-likeness (QED) is 0.626. The van der Waals surface area contributed by atoms with Crippen molar-refractivity contribution in [3.63, 3.8) is 0 Å². The molecule has 1 fully saturated rings. The lowest BCUT2D eigenvalue weighted by molar-refractivity contribution is -0.384. The summed E-state index contributed by atoms with van der Waals surface area (Å²) in [5.74, 6) is 0.101. The number of benzene rings is 1. The summed E-state index contributed by atoms with van der Waals surface area (Å²) in [5, 5.41) is 19.0. The molecular weight excluding hydrogens is 372 g/mol. The second-order valence-corrected chi connectivity index (χ2v) is 6.72. The van der Waals surface area contributed by atoms with Crippen LogP contribution < -0.4 is 5.73 Å². The minimum atomic E-state index is -0.469. The van der Waals surface area contributed by atoms with E-state index in [0.29, 0.717) is 24.5 Å². The Kier molecular flexibility index (Phi) is 6.50. The van der Waals surface area contributed by atoms with E-state index in [9.17, 15) is 14.9 Å². The Morgan fingerprint density at radius 1 is 1.44 bits per heavy atom. The van der Waals surface area contributed by atoms with E-state index in [1.807, 2.05) is 6.92 Å². The molecule has 1 aliphatic rings. The highest BCUT2D eigenvalue weighted by atomic mass is 35.5. The van der Waals surface area contributed by atoms with Crippen molar-refractivity contribution < 1.29 is 9.72 Å². The number of piperidine rings is 1. The molecule has 0 saturated carbocycles. The summed E-state index contributed by atoms with van der Waals surface area (Å²) in [4.78, 5) is 25.1. The van der Waals surface area contributed by atoms with Crippen LogP contribution in [0.3, 0.4) is 0 Å². The maximum Gasteiger partial charge on any atom is 0.276 e. The van der Waals surface area contributed by atoms with Gasteiger partial charge in [-0.05, 0) is 38.7 Å². The lowest BCUT2D eigenvalue weighted by Gasteiger charge is -2.34. The topological polar surface area (TPSA) is 120 Å². The molecule has 1 aromatic carbocycles. The fourth-order valence-corrected chi connectivity index (χ4v) is 3.28. The predicted molar refractivity (Wildman–Crippen MR) is 102 cm³/mol. The third-order valence-corrected chi connectivity index (χ3v) is 4.87. The maximum absolute atomic E-state index is 12.9. The molecule has 9 nitrogen and oxygen atoms in total. The zero-order valence-electron chi connectivity index (χ0n) is 15.2. The maximum atomic E-state index is 12.9. The third kappa shape index (κ3) is 4.25. The number of halogens is 1. The minimum Gasteiger partial charge on any atom is -0.337 e. The van der Waals surface area contributed by atoms with Gasteiger partial charge in [-0.15, -0.1) is 17.5 Å². The van der Waals surface area contributed by atoms with Crippen LogP contribution in [0.5, 0.6) is 0 Å². The van der Waals surface area contributed by atoms with Crippen LogP contribution in [-0.2, 0) is 0 Å². The van der Waals surface area contributed by atoms with Crippen molar-refractivity contribution in [1.29, 1.82) is 0 Å². The Morgan fingerprint density at radius 3 is 2.85 bits per heavy atom. The lowest BCUT2D eigenvalue weighted by Crippen LogP contribution is -2.45. The first-order valence-electron chi connectivity index (χ1n) is 8.60. The highest BCUT2D eigenvalue weighted by molar-refractivity contribution is 5.93. The Labute approximate surface area is 163 Å². The van der Waals surface area contributed by atoms with Crippen molar-refractivity contribution in [3.8, 4) is 5.69 Å². The van der Waals surface area contributed by atoms with Gasteiger partial charge in [-0.1, -0.05) is 11.3 Å². The van der Waals surface area contributed by atoms with Crippen LogP contribution in [-0.4, -0.2) is 49.9 Å². The van der Waals surface area contributed by atoms with E-state index in [4.69, 9.17) is 5.73 Å². The fraction of sp³-hybridized carbons (Fsp3) is 0.471. The summed E-state index contributed by atoms with van der Waals surface area (Å²) in [6.45, 7) is 4.98. The SMILES string of the molecule is Cc1c(C(=O)N2CCCC(C(C)N)C2)nnn1-c1cccc([N+](=O)[O-])c1.Cl. The predicted octanol–water partition coefficient (Wildman–Crippen LogP) is 2.11. The van der Waals surface area contributed by atoms with Crippen LogP contribution in [0.2, 0.25) is 0 Å². The van der Waals surface area contributed by atoms with Crippen molar-refractivity contribution in [2.75, 3.05) is 13.1 Å². The number of carbonyl (C=O) groups is 1. The number of carbonyl (C=O) groups excluding carboxylic acids is 1. The van der Waals surface area contributed by atoms with Gasteiger partial charge in [0.1, 0.15) is 0 Å². The molecule has 1 aromatic heterocycles. The van der Waals surface area contributed by atoms with E-state index >= 15 is 0 Å². The number of nitro benzene ring substituents is 1. The largest absolute Gasteiger partial charge is 0.337 e. The molecule has 2 unspecified atom stereocenters. The molecule has 0 bridgehead atoms. The van der Waals surface area contributed by atoms with Gasteiger partial charge in [0.15, 0.2) is 5.69 Å². The molecule has 2 N–H and O–H groups in total. The molecule has 2 atom stereocenters. The molecular formula is C17H23ClN6O3. The summed E-state index contributed by atoms with van der Waals surface area (Å²) in [6, 6.07) is 6.11. The van der Waals surface area contributed by atoms with E-state index in [2.05, 4.69) is 10.3 Å². The summed E-state index contributed by atoms with van der Waals surface area (Å²) >= 11 is 0. The summed E-state index contributed by atoms with van der Waals surface area (Å²) in [5.41, 5.74) is 7.27. The molecule has 146 valence electrons. The smallest absolute Gasteiger partial charge is 0.276 e. The number of nitrogens with two attached hydrogens (primary N) is 1. The van der Waals surface area contributed by atoms with Crippen molar-refractivity contribution in [2.45, 2.75) is 32.7 Å². The Hall–Kier alpha value is -2.52. The first-order chi connectivity index (χ1) is 12.4. The highest BCUT2D eigenvalue weighted by Crippen LogP contribution is 2.22. The van der Waals surface area contributed by atoms with Gasteiger partial charge >= 0.3 is 0 Å². The molecule has 27 heavy (non-hydrogen) atoms. The fourth-order valence-electron chi connectivity index (χ4n) is 3.28. The first-order valence-corrected chi connectivity index (χ1v) is 8.60. The Morgan fingerprint density at radius 2 is 2.19 bits per heavy atom. The molecule has 2 aromatic rings. The second-order valence-electron chi connectivity index (χ2n) is 6.72. The van der Waals surface area contributed by atoms with Crippen LogP contribution >= 0.6 is 12.4 Å². The van der Waals surface area contributed by atoms with Crippen molar-refractivity contribution in [3.05, 3.63) is 45.8 Å². The third-order valence-electron chi connectivity index (χ3n) is 4.87. The lowest BCUT2D eigenvalue weighted by atomic mass is 9.92. The first kappa shape index (κ1) is 20.8. The van der Waals surface area contributed by atoms with E-state index in [1.165, 1.54) is 16.8 Å². The molecule has 0 spiro atoms. The number of nitrogens with zero attached hydrogens (tertiary/aromatic N) is 5. The van der Waals surface area contributed by atoms with Crippen LogP contribution in [0.25, 0.3) is 5.69 Å². The minimum absolute atomic E-state index is 0. The normalized spacial score (nSPS) is 17.9. The number of hydrogen-bond donors (Lipinski definition) is 1. The van der Waals surface area contributed by atoms with Crippen molar-refractivity contribution in [1.82, 2.24) is 19.9 Å². The van der Waals surface area contributed by atoms with Gasteiger partial charge in [-0.2, -0.15) is 0 Å². The second kappa shape index (κ2) is 8.45. The van der Waals surface area contributed by atoms with E-state index in [-0.39, 0.29) is 41.7 Å².